The number of rotatable bonds is 5. The van der Waals surface area contributed by atoms with Gasteiger partial charge in [0.2, 0.25) is 0 Å². The Balaban J connectivity index is 2.10. The molecule has 2 aromatic rings. The van der Waals surface area contributed by atoms with Gasteiger partial charge in [-0.25, -0.2) is 4.39 Å². The van der Waals surface area contributed by atoms with E-state index < -0.39 is 0 Å². The van der Waals surface area contributed by atoms with Crippen molar-refractivity contribution in [2.75, 3.05) is 6.54 Å². The fraction of sp³-hybridized carbons (Fsp3) is 0.200. The van der Waals surface area contributed by atoms with Crippen LogP contribution in [0.3, 0.4) is 0 Å². The summed E-state index contributed by atoms with van der Waals surface area (Å²) in [5.74, 6) is 0.399. The van der Waals surface area contributed by atoms with Crippen molar-refractivity contribution in [3.05, 3.63) is 58.9 Å². The maximum atomic E-state index is 13.9. The summed E-state index contributed by atoms with van der Waals surface area (Å²) in [6, 6.07) is 11.8. The predicted molar refractivity (Wildman–Crippen MR) is 75.3 cm³/mol. The molecule has 0 aliphatic carbocycles. The fourth-order valence-electron chi connectivity index (χ4n) is 1.64. The van der Waals surface area contributed by atoms with Gasteiger partial charge in [0, 0.05) is 11.6 Å². The van der Waals surface area contributed by atoms with Crippen molar-refractivity contribution in [3.63, 3.8) is 0 Å². The predicted octanol–water partition coefficient (Wildman–Crippen LogP) is 4.38. The molecule has 0 bridgehead atoms. The van der Waals surface area contributed by atoms with Gasteiger partial charge in [0.05, 0.1) is 0 Å². The third-order valence-corrected chi connectivity index (χ3v) is 2.87. The van der Waals surface area contributed by atoms with E-state index in [0.29, 0.717) is 17.3 Å². The van der Waals surface area contributed by atoms with Gasteiger partial charge in [-0.2, -0.15) is 0 Å². The van der Waals surface area contributed by atoms with Crippen molar-refractivity contribution < 1.29 is 9.13 Å². The Hall–Kier alpha value is -1.58. The molecule has 0 saturated heterocycles. The molecule has 0 radical (unpaired) electrons. The van der Waals surface area contributed by atoms with E-state index in [1.807, 2.05) is 13.0 Å². The van der Waals surface area contributed by atoms with Crippen molar-refractivity contribution >= 4 is 11.6 Å². The zero-order valence-electron chi connectivity index (χ0n) is 10.6. The lowest BCUT2D eigenvalue weighted by Crippen LogP contribution is -2.11. The number of nitrogens with one attached hydrogen (secondary N) is 1. The molecule has 0 heterocycles. The molecule has 0 atom stereocenters. The van der Waals surface area contributed by atoms with Crippen molar-refractivity contribution in [3.8, 4) is 11.5 Å². The highest BCUT2D eigenvalue weighted by Gasteiger charge is 2.06. The summed E-state index contributed by atoms with van der Waals surface area (Å²) in [5.41, 5.74) is 0.891. The van der Waals surface area contributed by atoms with Crippen LogP contribution in [0.4, 0.5) is 4.39 Å². The van der Waals surface area contributed by atoms with E-state index in [-0.39, 0.29) is 11.6 Å². The van der Waals surface area contributed by atoms with Crippen molar-refractivity contribution in [1.82, 2.24) is 5.32 Å². The molecule has 4 heteroatoms. The van der Waals surface area contributed by atoms with Gasteiger partial charge in [0.15, 0.2) is 11.6 Å². The Kier molecular flexibility index (Phi) is 4.77. The third-order valence-electron chi connectivity index (χ3n) is 2.62. The maximum Gasteiger partial charge on any atom is 0.166 e. The smallest absolute Gasteiger partial charge is 0.166 e. The summed E-state index contributed by atoms with van der Waals surface area (Å²) in [5, 5.41) is 3.76. The van der Waals surface area contributed by atoms with Gasteiger partial charge in [-0.3, -0.25) is 0 Å². The Bertz CT molecular complexity index is 542. The molecule has 0 amide bonds. The molecular formula is C15H15ClFNO. The average molecular weight is 280 g/mol. The Morgan fingerprint density at radius 2 is 1.89 bits per heavy atom. The molecule has 0 unspecified atom stereocenters. The summed E-state index contributed by atoms with van der Waals surface area (Å²) in [6.07, 6.45) is 0. The van der Waals surface area contributed by atoms with Crippen LogP contribution in [0, 0.1) is 5.82 Å². The SMILES string of the molecule is CCNCc1ccc(Oc2ccc(Cl)cc2)c(F)c1. The maximum absolute atomic E-state index is 13.9. The van der Waals surface area contributed by atoms with E-state index in [2.05, 4.69) is 5.32 Å². The third kappa shape index (κ3) is 3.94. The minimum absolute atomic E-state index is 0.211. The first kappa shape index (κ1) is 13.8. The molecule has 1 N–H and O–H groups in total. The Morgan fingerprint density at radius 3 is 2.53 bits per heavy atom. The van der Waals surface area contributed by atoms with E-state index in [1.54, 1.807) is 30.3 Å². The lowest BCUT2D eigenvalue weighted by Gasteiger charge is -2.08. The molecular weight excluding hydrogens is 265 g/mol. The molecule has 0 spiro atoms. The highest BCUT2D eigenvalue weighted by Crippen LogP contribution is 2.26. The van der Waals surface area contributed by atoms with Gasteiger partial charge in [0.25, 0.3) is 0 Å². The summed E-state index contributed by atoms with van der Waals surface area (Å²) in [4.78, 5) is 0. The second kappa shape index (κ2) is 6.55. The minimum atomic E-state index is -0.370. The van der Waals surface area contributed by atoms with Crippen LogP contribution in [-0.4, -0.2) is 6.54 Å². The highest BCUT2D eigenvalue weighted by atomic mass is 35.5. The number of halogens is 2. The van der Waals surface area contributed by atoms with Crippen LogP contribution in [-0.2, 0) is 6.54 Å². The van der Waals surface area contributed by atoms with Crippen LogP contribution >= 0.6 is 11.6 Å². The quantitative estimate of drug-likeness (QED) is 0.877. The van der Waals surface area contributed by atoms with Crippen LogP contribution < -0.4 is 10.1 Å². The first-order valence-electron chi connectivity index (χ1n) is 6.11. The molecule has 2 aromatic carbocycles. The summed E-state index contributed by atoms with van der Waals surface area (Å²) in [7, 11) is 0. The van der Waals surface area contributed by atoms with Crippen molar-refractivity contribution in [1.29, 1.82) is 0 Å². The zero-order chi connectivity index (χ0) is 13.7. The van der Waals surface area contributed by atoms with Crippen LogP contribution in [0.5, 0.6) is 11.5 Å². The molecule has 2 nitrogen and oxygen atoms in total. The van der Waals surface area contributed by atoms with Gasteiger partial charge < -0.3 is 10.1 Å². The van der Waals surface area contributed by atoms with Gasteiger partial charge in [-0.1, -0.05) is 24.6 Å². The van der Waals surface area contributed by atoms with Gasteiger partial charge in [-0.05, 0) is 48.5 Å². The van der Waals surface area contributed by atoms with E-state index in [1.165, 1.54) is 6.07 Å². The van der Waals surface area contributed by atoms with Crippen molar-refractivity contribution in [2.24, 2.45) is 0 Å². The van der Waals surface area contributed by atoms with E-state index >= 15 is 0 Å². The minimum Gasteiger partial charge on any atom is -0.454 e. The number of benzene rings is 2. The summed E-state index contributed by atoms with van der Waals surface area (Å²) < 4.78 is 19.3. The van der Waals surface area contributed by atoms with Gasteiger partial charge in [0.1, 0.15) is 5.75 Å². The zero-order valence-corrected chi connectivity index (χ0v) is 11.4. The second-order valence-electron chi connectivity index (χ2n) is 4.10. The lowest BCUT2D eigenvalue weighted by molar-refractivity contribution is 0.441. The monoisotopic (exact) mass is 279 g/mol. The highest BCUT2D eigenvalue weighted by molar-refractivity contribution is 6.30. The topological polar surface area (TPSA) is 21.3 Å². The number of hydrogen-bond acceptors (Lipinski definition) is 2. The Labute approximate surface area is 117 Å². The molecule has 100 valence electrons. The largest absolute Gasteiger partial charge is 0.454 e. The second-order valence-corrected chi connectivity index (χ2v) is 4.54. The van der Waals surface area contributed by atoms with Gasteiger partial charge >= 0.3 is 0 Å². The molecule has 0 saturated carbocycles. The van der Waals surface area contributed by atoms with Crippen LogP contribution in [0.2, 0.25) is 5.02 Å². The average Bonchev–Trinajstić information content (AvgIpc) is 2.41. The van der Waals surface area contributed by atoms with Gasteiger partial charge in [-0.15, -0.1) is 0 Å². The van der Waals surface area contributed by atoms with E-state index in [0.717, 1.165) is 12.1 Å². The van der Waals surface area contributed by atoms with Crippen LogP contribution in [0.25, 0.3) is 0 Å². The first-order chi connectivity index (χ1) is 9.19. The van der Waals surface area contributed by atoms with E-state index in [4.69, 9.17) is 16.3 Å². The summed E-state index contributed by atoms with van der Waals surface area (Å²) in [6.45, 7) is 3.51. The first-order valence-corrected chi connectivity index (χ1v) is 6.49. The summed E-state index contributed by atoms with van der Waals surface area (Å²) >= 11 is 5.78. The molecule has 2 rings (SSSR count). The fourth-order valence-corrected chi connectivity index (χ4v) is 1.76. The molecule has 0 aliphatic heterocycles. The molecule has 19 heavy (non-hydrogen) atoms. The number of ether oxygens (including phenoxy) is 1. The number of hydrogen-bond donors (Lipinski definition) is 1. The molecule has 0 aromatic heterocycles. The molecule has 0 aliphatic rings. The van der Waals surface area contributed by atoms with E-state index in [9.17, 15) is 4.39 Å². The lowest BCUT2D eigenvalue weighted by atomic mass is 10.2. The van der Waals surface area contributed by atoms with Crippen LogP contribution in [0.15, 0.2) is 42.5 Å². The van der Waals surface area contributed by atoms with Crippen LogP contribution in [0.1, 0.15) is 12.5 Å². The Morgan fingerprint density at radius 1 is 1.16 bits per heavy atom. The van der Waals surface area contributed by atoms with Crippen molar-refractivity contribution in [2.45, 2.75) is 13.5 Å². The normalized spacial score (nSPS) is 10.5. The standard InChI is InChI=1S/C15H15ClFNO/c1-2-18-10-11-3-8-15(14(17)9-11)19-13-6-4-12(16)5-7-13/h3-9,18H,2,10H2,1H3. The molecule has 0 fully saturated rings.